The Labute approximate surface area is 157 Å². The first-order valence-corrected chi connectivity index (χ1v) is 8.90. The van der Waals surface area contributed by atoms with Crippen LogP contribution in [0, 0.1) is 0 Å². The number of rotatable bonds is 9. The highest BCUT2D eigenvalue weighted by atomic mass is 32.1. The van der Waals surface area contributed by atoms with Gasteiger partial charge in [0.1, 0.15) is 12.1 Å². The minimum atomic E-state index is -0.943. The normalized spacial score (nSPS) is 19.0. The Morgan fingerprint density at radius 2 is 2.23 bits per heavy atom. The van der Waals surface area contributed by atoms with Crippen LogP contribution >= 0.6 is 12.6 Å². The van der Waals surface area contributed by atoms with Crippen molar-refractivity contribution in [2.45, 2.75) is 37.9 Å². The van der Waals surface area contributed by atoms with Gasteiger partial charge in [-0.2, -0.15) is 12.6 Å². The van der Waals surface area contributed by atoms with Crippen LogP contribution in [0.3, 0.4) is 0 Å². The molecule has 1 aliphatic rings. The van der Waals surface area contributed by atoms with Gasteiger partial charge in [-0.3, -0.25) is 14.5 Å². The SMILES string of the molecule is C=C(NC)[C@H](Cc1cnc[nH]1)NC(=O)[C@@H](C)N1C(=O)N[C@@H](CCS)C1=O. The molecule has 1 aromatic heterocycles. The second-order valence-electron chi connectivity index (χ2n) is 6.02. The molecule has 4 amide bonds. The summed E-state index contributed by atoms with van der Waals surface area (Å²) in [5.41, 5.74) is 1.42. The quantitative estimate of drug-likeness (QED) is 0.300. The van der Waals surface area contributed by atoms with E-state index in [1.54, 1.807) is 19.6 Å². The summed E-state index contributed by atoms with van der Waals surface area (Å²) in [5.74, 6) is -0.399. The van der Waals surface area contributed by atoms with Crippen molar-refractivity contribution in [2.75, 3.05) is 12.8 Å². The predicted octanol–water partition coefficient (Wildman–Crippen LogP) is -0.201. The zero-order valence-corrected chi connectivity index (χ0v) is 15.7. The van der Waals surface area contributed by atoms with Crippen LogP contribution in [0.2, 0.25) is 0 Å². The van der Waals surface area contributed by atoms with Crippen molar-refractivity contribution in [3.63, 3.8) is 0 Å². The summed E-state index contributed by atoms with van der Waals surface area (Å²) in [4.78, 5) is 45.0. The molecule has 3 atom stereocenters. The molecular weight excluding hydrogens is 356 g/mol. The molecule has 1 aromatic rings. The molecular formula is C16H24N6O3S. The fraction of sp³-hybridized carbons (Fsp3) is 0.500. The zero-order chi connectivity index (χ0) is 19.3. The lowest BCUT2D eigenvalue weighted by Crippen LogP contribution is -2.52. The van der Waals surface area contributed by atoms with Crippen molar-refractivity contribution in [1.82, 2.24) is 30.8 Å². The van der Waals surface area contributed by atoms with Gasteiger partial charge in [-0.25, -0.2) is 9.78 Å². The third-order valence-electron chi connectivity index (χ3n) is 4.27. The smallest absolute Gasteiger partial charge is 0.325 e. The topological polar surface area (TPSA) is 119 Å². The summed E-state index contributed by atoms with van der Waals surface area (Å²) in [6.45, 7) is 5.42. The molecule has 0 aromatic carbocycles. The summed E-state index contributed by atoms with van der Waals surface area (Å²) in [7, 11) is 1.71. The molecule has 0 spiro atoms. The molecule has 1 fully saturated rings. The van der Waals surface area contributed by atoms with E-state index in [9.17, 15) is 14.4 Å². The number of aromatic amines is 1. The number of hydrogen-bond acceptors (Lipinski definition) is 6. The molecule has 1 aliphatic heterocycles. The molecule has 0 bridgehead atoms. The lowest BCUT2D eigenvalue weighted by atomic mass is 10.1. The minimum absolute atomic E-state index is 0.413. The number of H-pyrrole nitrogens is 1. The summed E-state index contributed by atoms with van der Waals surface area (Å²) < 4.78 is 0. The zero-order valence-electron chi connectivity index (χ0n) is 14.8. The Morgan fingerprint density at radius 1 is 1.50 bits per heavy atom. The molecule has 4 N–H and O–H groups in total. The van der Waals surface area contributed by atoms with Crippen LogP contribution in [-0.2, 0) is 16.0 Å². The van der Waals surface area contributed by atoms with Crippen molar-refractivity contribution < 1.29 is 14.4 Å². The van der Waals surface area contributed by atoms with Crippen molar-refractivity contribution in [2.24, 2.45) is 0 Å². The number of nitrogens with zero attached hydrogens (tertiary/aromatic N) is 2. The van der Waals surface area contributed by atoms with Crippen LogP contribution in [0.5, 0.6) is 0 Å². The maximum absolute atomic E-state index is 12.7. The lowest BCUT2D eigenvalue weighted by molar-refractivity contribution is -0.135. The van der Waals surface area contributed by atoms with Crippen LogP contribution in [0.25, 0.3) is 0 Å². The van der Waals surface area contributed by atoms with Gasteiger partial charge in [-0.1, -0.05) is 6.58 Å². The maximum atomic E-state index is 12.7. The van der Waals surface area contributed by atoms with E-state index >= 15 is 0 Å². The highest BCUT2D eigenvalue weighted by Gasteiger charge is 2.42. The predicted molar refractivity (Wildman–Crippen MR) is 99.5 cm³/mol. The Kier molecular flexibility index (Phi) is 6.67. The van der Waals surface area contributed by atoms with Crippen LogP contribution in [0.15, 0.2) is 24.8 Å². The second kappa shape index (κ2) is 8.75. The van der Waals surface area contributed by atoms with E-state index in [1.165, 1.54) is 6.92 Å². The summed E-state index contributed by atoms with van der Waals surface area (Å²) in [6, 6.07) is -2.57. The molecule has 26 heavy (non-hydrogen) atoms. The number of nitrogens with one attached hydrogen (secondary N) is 4. The van der Waals surface area contributed by atoms with E-state index in [0.29, 0.717) is 24.3 Å². The summed E-state index contributed by atoms with van der Waals surface area (Å²) in [5, 5.41) is 8.33. The van der Waals surface area contributed by atoms with E-state index in [2.05, 4.69) is 45.1 Å². The summed E-state index contributed by atoms with van der Waals surface area (Å²) >= 11 is 4.08. The van der Waals surface area contributed by atoms with Crippen molar-refractivity contribution in [3.05, 3.63) is 30.5 Å². The van der Waals surface area contributed by atoms with Gasteiger partial charge >= 0.3 is 6.03 Å². The maximum Gasteiger partial charge on any atom is 0.325 e. The molecule has 0 saturated carbocycles. The monoisotopic (exact) mass is 380 g/mol. The van der Waals surface area contributed by atoms with Crippen LogP contribution in [0.1, 0.15) is 19.0 Å². The van der Waals surface area contributed by atoms with Crippen LogP contribution in [-0.4, -0.2) is 63.6 Å². The van der Waals surface area contributed by atoms with Gasteiger partial charge in [0.25, 0.3) is 5.91 Å². The van der Waals surface area contributed by atoms with Crippen molar-refractivity contribution >= 4 is 30.5 Å². The first-order chi connectivity index (χ1) is 12.4. The van der Waals surface area contributed by atoms with E-state index in [0.717, 1.165) is 10.6 Å². The molecule has 1 saturated heterocycles. The largest absolute Gasteiger partial charge is 0.390 e. The van der Waals surface area contributed by atoms with E-state index < -0.39 is 36.0 Å². The Bertz CT molecular complexity index is 678. The number of urea groups is 1. The van der Waals surface area contributed by atoms with Crippen LogP contribution in [0.4, 0.5) is 4.79 Å². The third kappa shape index (κ3) is 4.37. The number of hydrogen-bond donors (Lipinski definition) is 5. The minimum Gasteiger partial charge on any atom is -0.390 e. The van der Waals surface area contributed by atoms with Crippen molar-refractivity contribution in [3.8, 4) is 0 Å². The van der Waals surface area contributed by atoms with E-state index in [1.807, 2.05) is 0 Å². The van der Waals surface area contributed by atoms with Gasteiger partial charge < -0.3 is 20.9 Å². The van der Waals surface area contributed by atoms with Gasteiger partial charge in [0.05, 0.1) is 12.4 Å². The molecule has 142 valence electrons. The number of imide groups is 1. The molecule has 0 radical (unpaired) electrons. The molecule has 9 nitrogen and oxygen atoms in total. The Morgan fingerprint density at radius 3 is 2.81 bits per heavy atom. The number of imidazole rings is 1. The van der Waals surface area contributed by atoms with Gasteiger partial charge in [0.2, 0.25) is 5.91 Å². The molecule has 0 unspecified atom stereocenters. The average molecular weight is 380 g/mol. The number of likely N-dealkylation sites (N-methyl/N-ethyl adjacent to an activating group) is 1. The van der Waals surface area contributed by atoms with Gasteiger partial charge in [-0.15, -0.1) is 0 Å². The van der Waals surface area contributed by atoms with Gasteiger partial charge in [0.15, 0.2) is 0 Å². The second-order valence-corrected chi connectivity index (χ2v) is 6.46. The highest BCUT2D eigenvalue weighted by molar-refractivity contribution is 7.80. The van der Waals surface area contributed by atoms with Crippen LogP contribution < -0.4 is 16.0 Å². The van der Waals surface area contributed by atoms with Gasteiger partial charge in [0, 0.05) is 31.1 Å². The Balaban J connectivity index is 2.07. The fourth-order valence-electron chi connectivity index (χ4n) is 2.70. The fourth-order valence-corrected chi connectivity index (χ4v) is 2.96. The number of thiol groups is 1. The standard InChI is InChI=1S/C16H24N6O3S/c1-9(17-3)13(6-11-7-18-8-19-11)20-14(23)10(2)22-15(24)12(4-5-26)21-16(22)25/h7-8,10,12-13,17,26H,1,4-6H2,2-3H3,(H,18,19)(H,20,23)(H,21,25)/t10-,12+,13+/m1/s1. The molecule has 2 rings (SSSR count). The van der Waals surface area contributed by atoms with Gasteiger partial charge in [-0.05, 0) is 19.1 Å². The summed E-state index contributed by atoms with van der Waals surface area (Å²) in [6.07, 6.45) is 4.07. The third-order valence-corrected chi connectivity index (χ3v) is 4.53. The highest BCUT2D eigenvalue weighted by Crippen LogP contribution is 2.14. The molecule has 2 heterocycles. The Hall–Kier alpha value is -2.49. The van der Waals surface area contributed by atoms with E-state index in [-0.39, 0.29) is 0 Å². The number of aromatic nitrogens is 2. The van der Waals surface area contributed by atoms with E-state index in [4.69, 9.17) is 0 Å². The number of carbonyl (C=O) groups is 3. The number of carbonyl (C=O) groups excluding carboxylic acids is 3. The number of amides is 4. The molecule has 0 aliphatic carbocycles. The molecule has 10 heteroatoms. The first-order valence-electron chi connectivity index (χ1n) is 8.27. The lowest BCUT2D eigenvalue weighted by Gasteiger charge is -2.25. The first kappa shape index (κ1) is 19.8. The van der Waals surface area contributed by atoms with Crippen molar-refractivity contribution in [1.29, 1.82) is 0 Å². The average Bonchev–Trinajstić information content (AvgIpc) is 3.21.